The van der Waals surface area contributed by atoms with E-state index in [9.17, 15) is 31.4 Å². The van der Waals surface area contributed by atoms with Crippen LogP contribution < -0.4 is 10.2 Å². The Kier molecular flexibility index (Phi) is 10.0. The number of benzene rings is 1. The topological polar surface area (TPSA) is 102 Å². The van der Waals surface area contributed by atoms with Crippen molar-refractivity contribution in [2.24, 2.45) is 0 Å². The summed E-state index contributed by atoms with van der Waals surface area (Å²) in [6.07, 6.45) is -8.43. The molecule has 0 radical (unpaired) electrons. The first-order valence-corrected chi connectivity index (χ1v) is 12.4. The summed E-state index contributed by atoms with van der Waals surface area (Å²) in [6.45, 7) is 4.82. The number of halogens is 7. The number of likely N-dealkylation sites (tertiary alicyclic amines) is 1. The summed E-state index contributed by atoms with van der Waals surface area (Å²) in [6, 6.07) is 8.81. The van der Waals surface area contributed by atoms with Gasteiger partial charge in [0, 0.05) is 36.4 Å². The van der Waals surface area contributed by atoms with Gasteiger partial charge in [0.1, 0.15) is 5.69 Å². The van der Waals surface area contributed by atoms with Crippen LogP contribution in [0.25, 0.3) is 0 Å². The first-order chi connectivity index (χ1) is 18.1. The smallest absolute Gasteiger partial charge is 0.475 e. The fourth-order valence-corrected chi connectivity index (χ4v) is 4.49. The van der Waals surface area contributed by atoms with Gasteiger partial charge in [0.05, 0.1) is 12.1 Å². The molecule has 1 aromatic carbocycles. The molecule has 2 atom stereocenters. The number of rotatable bonds is 5. The number of carboxylic acids is 1. The molecule has 0 saturated carbocycles. The molecule has 0 amide bonds. The van der Waals surface area contributed by atoms with E-state index in [-0.39, 0.29) is 30.3 Å². The molecule has 39 heavy (non-hydrogen) atoms. The van der Waals surface area contributed by atoms with Crippen molar-refractivity contribution in [2.45, 2.75) is 56.9 Å². The van der Waals surface area contributed by atoms with E-state index in [0.717, 1.165) is 43.6 Å². The van der Waals surface area contributed by atoms with Crippen molar-refractivity contribution in [1.82, 2.24) is 20.2 Å². The van der Waals surface area contributed by atoms with Gasteiger partial charge < -0.3 is 20.4 Å². The van der Waals surface area contributed by atoms with Gasteiger partial charge in [-0.15, -0.1) is 0 Å². The predicted molar refractivity (Wildman–Crippen MR) is 130 cm³/mol. The molecule has 3 heterocycles. The van der Waals surface area contributed by atoms with Gasteiger partial charge >= 0.3 is 18.3 Å². The molecule has 2 aromatic rings. The number of nitrogens with one attached hydrogen (secondary N) is 1. The lowest BCUT2D eigenvalue weighted by atomic mass is 10.0. The van der Waals surface area contributed by atoms with Gasteiger partial charge in [-0.25, -0.2) is 14.8 Å². The van der Waals surface area contributed by atoms with E-state index in [1.54, 1.807) is 4.90 Å². The van der Waals surface area contributed by atoms with Gasteiger partial charge in [0.15, 0.2) is 0 Å². The highest BCUT2D eigenvalue weighted by atomic mass is 35.5. The number of carbonyl (C=O) groups is 1. The highest BCUT2D eigenvalue weighted by Gasteiger charge is 2.39. The first-order valence-electron chi connectivity index (χ1n) is 12.0. The number of aliphatic hydroxyl groups is 1. The first kappa shape index (κ1) is 30.9. The zero-order valence-electron chi connectivity index (χ0n) is 20.8. The summed E-state index contributed by atoms with van der Waals surface area (Å²) < 4.78 is 71.0. The van der Waals surface area contributed by atoms with Crippen LogP contribution in [-0.4, -0.2) is 81.6 Å². The molecular formula is C24H28ClF6N5O3. The van der Waals surface area contributed by atoms with Crippen LogP contribution in [0.4, 0.5) is 32.3 Å². The van der Waals surface area contributed by atoms with Crippen LogP contribution in [0.3, 0.4) is 0 Å². The van der Waals surface area contributed by atoms with Crippen molar-refractivity contribution in [2.75, 3.05) is 31.1 Å². The van der Waals surface area contributed by atoms with Crippen LogP contribution >= 0.6 is 11.6 Å². The quantitative estimate of drug-likeness (QED) is 0.456. The maximum absolute atomic E-state index is 13.1. The summed E-state index contributed by atoms with van der Waals surface area (Å²) >= 11 is 5.95. The molecule has 15 heteroatoms. The molecule has 2 aliphatic heterocycles. The Hall–Kier alpha value is -2.68. The predicted octanol–water partition coefficient (Wildman–Crippen LogP) is 3.89. The van der Waals surface area contributed by atoms with Gasteiger partial charge in [-0.2, -0.15) is 26.3 Å². The van der Waals surface area contributed by atoms with Gasteiger partial charge in [-0.1, -0.05) is 23.7 Å². The molecule has 1 unspecified atom stereocenters. The Bertz CT molecular complexity index is 1110. The Balaban J connectivity index is 0.000000532. The second-order valence-electron chi connectivity index (χ2n) is 9.42. The average Bonchev–Trinajstić information content (AvgIpc) is 3.21. The van der Waals surface area contributed by atoms with Gasteiger partial charge in [0.2, 0.25) is 5.95 Å². The minimum atomic E-state index is -5.08. The SMILES string of the molecule is Cc1cc(C(F)(F)F)nc(N2CC(NC3CCN(Cc4ccc(Cl)cc4)CC3)[C@H](O)C2)n1.O=C(O)C(F)(F)F. The Morgan fingerprint density at radius 2 is 1.67 bits per heavy atom. The zero-order chi connectivity index (χ0) is 29.0. The molecule has 4 rings (SSSR count). The maximum Gasteiger partial charge on any atom is 0.490 e. The third kappa shape index (κ3) is 9.19. The van der Waals surface area contributed by atoms with Crippen molar-refractivity contribution in [3.63, 3.8) is 0 Å². The molecule has 216 valence electrons. The molecule has 1 aromatic heterocycles. The number of piperidine rings is 1. The number of hydrogen-bond acceptors (Lipinski definition) is 7. The molecule has 8 nitrogen and oxygen atoms in total. The van der Waals surface area contributed by atoms with Crippen LogP contribution in [-0.2, 0) is 17.5 Å². The number of aliphatic hydroxyl groups excluding tert-OH is 1. The van der Waals surface area contributed by atoms with E-state index in [1.165, 1.54) is 12.5 Å². The summed E-state index contributed by atoms with van der Waals surface area (Å²) in [5.41, 5.74) is 0.513. The fraction of sp³-hybridized carbons (Fsp3) is 0.542. The largest absolute Gasteiger partial charge is 0.490 e. The number of hydrogen-bond donors (Lipinski definition) is 3. The standard InChI is InChI=1S/C22H27ClF3N5O.C2HF3O2/c1-14-10-20(22(24,25)26)29-21(27-14)31-12-18(19(32)13-31)28-17-6-8-30(9-7-17)11-15-2-4-16(23)5-3-15;3-2(4,5)1(6)7/h2-5,10,17-19,28,32H,6-9,11-13H2,1H3;(H,6,7)/t18?,19-;/m1./s1. The van der Waals surface area contributed by atoms with E-state index < -0.39 is 30.1 Å². The lowest BCUT2D eigenvalue weighted by Crippen LogP contribution is -2.49. The molecular weight excluding hydrogens is 556 g/mol. The van der Waals surface area contributed by atoms with Gasteiger partial charge in [-0.05, 0) is 56.6 Å². The number of aryl methyl sites for hydroxylation is 1. The third-order valence-electron chi connectivity index (χ3n) is 6.30. The third-order valence-corrected chi connectivity index (χ3v) is 6.56. The van der Waals surface area contributed by atoms with Crippen molar-refractivity contribution < 1.29 is 41.4 Å². The Morgan fingerprint density at radius 3 is 2.21 bits per heavy atom. The lowest BCUT2D eigenvalue weighted by Gasteiger charge is -2.34. The Labute approximate surface area is 225 Å². The monoisotopic (exact) mass is 583 g/mol. The molecule has 2 saturated heterocycles. The number of carboxylic acid groups (broad SMARTS) is 1. The van der Waals surface area contributed by atoms with E-state index in [4.69, 9.17) is 21.5 Å². The molecule has 2 fully saturated rings. The highest BCUT2D eigenvalue weighted by Crippen LogP contribution is 2.30. The second-order valence-corrected chi connectivity index (χ2v) is 9.85. The zero-order valence-corrected chi connectivity index (χ0v) is 21.6. The Morgan fingerprint density at radius 1 is 1.08 bits per heavy atom. The van der Waals surface area contributed by atoms with Crippen LogP contribution in [0.1, 0.15) is 29.8 Å². The van der Waals surface area contributed by atoms with Crippen molar-refractivity contribution in [3.8, 4) is 0 Å². The molecule has 0 spiro atoms. The van der Waals surface area contributed by atoms with E-state index in [2.05, 4.69) is 20.2 Å². The second kappa shape index (κ2) is 12.7. The number of nitrogens with zero attached hydrogens (tertiary/aromatic N) is 4. The number of β-amino-alcohol motifs (C(OH)–C–C–N with tert-alkyl or cyclic N) is 1. The normalized spacial score (nSPS) is 21.0. The van der Waals surface area contributed by atoms with Gasteiger partial charge in [0.25, 0.3) is 0 Å². The van der Waals surface area contributed by atoms with Crippen molar-refractivity contribution in [3.05, 3.63) is 52.3 Å². The van der Waals surface area contributed by atoms with Crippen molar-refractivity contribution >= 4 is 23.5 Å². The van der Waals surface area contributed by atoms with Crippen molar-refractivity contribution in [1.29, 1.82) is 0 Å². The number of aliphatic carboxylic acids is 1. The van der Waals surface area contributed by atoms with Gasteiger partial charge in [-0.3, -0.25) is 4.90 Å². The number of aromatic nitrogens is 2. The molecule has 3 N–H and O–H groups in total. The minimum absolute atomic E-state index is 0.0125. The van der Waals surface area contributed by atoms with E-state index in [0.29, 0.717) is 6.54 Å². The van der Waals surface area contributed by atoms with Crippen LogP contribution in [0.15, 0.2) is 30.3 Å². The molecule has 2 aliphatic rings. The average molecular weight is 584 g/mol. The van der Waals surface area contributed by atoms with Crippen LogP contribution in [0.2, 0.25) is 5.02 Å². The maximum atomic E-state index is 13.1. The highest BCUT2D eigenvalue weighted by molar-refractivity contribution is 6.30. The van der Waals surface area contributed by atoms with Crippen LogP contribution in [0, 0.1) is 6.92 Å². The van der Waals surface area contributed by atoms with Crippen LogP contribution in [0.5, 0.6) is 0 Å². The number of alkyl halides is 6. The number of anilines is 1. The summed E-state index contributed by atoms with van der Waals surface area (Å²) in [5, 5.41) is 21.9. The fourth-order valence-electron chi connectivity index (χ4n) is 4.36. The van der Waals surface area contributed by atoms with E-state index in [1.807, 2.05) is 24.3 Å². The summed E-state index contributed by atoms with van der Waals surface area (Å²) in [7, 11) is 0. The molecule has 0 aliphatic carbocycles. The summed E-state index contributed by atoms with van der Waals surface area (Å²) in [4.78, 5) is 20.8. The minimum Gasteiger partial charge on any atom is -0.475 e. The van der Waals surface area contributed by atoms with E-state index >= 15 is 0 Å². The molecule has 0 bridgehead atoms. The lowest BCUT2D eigenvalue weighted by molar-refractivity contribution is -0.192. The summed E-state index contributed by atoms with van der Waals surface area (Å²) in [5.74, 6) is -2.74.